The van der Waals surface area contributed by atoms with Gasteiger partial charge in [0.2, 0.25) is 0 Å². The van der Waals surface area contributed by atoms with Crippen LogP contribution in [0.3, 0.4) is 0 Å². The number of ether oxygens (including phenoxy) is 1. The molecule has 0 spiro atoms. The molecule has 0 radical (unpaired) electrons. The average Bonchev–Trinajstić information content (AvgIpc) is 3.08. The van der Waals surface area contributed by atoms with Crippen LogP contribution >= 0.6 is 11.3 Å². The maximum Gasteiger partial charge on any atom is 0.321 e. The molecule has 0 bridgehead atoms. The Kier molecular flexibility index (Phi) is 4.21. The van der Waals surface area contributed by atoms with Gasteiger partial charge in [0.25, 0.3) is 0 Å². The molecular formula is C20H14N2O4S. The fourth-order valence-electron chi connectivity index (χ4n) is 2.79. The minimum atomic E-state index is -0.743. The number of rotatable bonds is 4. The Hall–Kier alpha value is -3.45. The number of nitrogens with one attached hydrogen (secondary N) is 1. The minimum absolute atomic E-state index is 0.424. The average molecular weight is 378 g/mol. The normalized spacial score (nSPS) is 10.9. The zero-order valence-electron chi connectivity index (χ0n) is 14.3. The van der Waals surface area contributed by atoms with Crippen molar-refractivity contribution in [3.8, 4) is 17.2 Å². The maximum atomic E-state index is 12.5. The van der Waals surface area contributed by atoms with E-state index in [2.05, 4.69) is 4.98 Å². The minimum Gasteiger partial charge on any atom is -0.457 e. The Morgan fingerprint density at radius 3 is 2.59 bits per heavy atom. The number of nitrogens with zero attached hydrogens (tertiary/aromatic N) is 1. The van der Waals surface area contributed by atoms with Crippen LogP contribution in [0.2, 0.25) is 0 Å². The van der Waals surface area contributed by atoms with E-state index >= 15 is 0 Å². The van der Waals surface area contributed by atoms with Crippen LogP contribution in [0.5, 0.6) is 11.5 Å². The van der Waals surface area contributed by atoms with Crippen molar-refractivity contribution in [3.63, 3.8) is 0 Å². The molecule has 4 rings (SSSR count). The molecule has 0 amide bonds. The molecule has 134 valence electrons. The van der Waals surface area contributed by atoms with E-state index in [-0.39, 0.29) is 0 Å². The topological polar surface area (TPSA) is 81.2 Å². The van der Waals surface area contributed by atoms with Gasteiger partial charge in [-0.3, -0.25) is 19.0 Å². The highest BCUT2D eigenvalue weighted by Crippen LogP contribution is 2.29. The van der Waals surface area contributed by atoms with Gasteiger partial charge in [-0.05, 0) is 36.8 Å². The quantitative estimate of drug-likeness (QED) is 0.434. The van der Waals surface area contributed by atoms with Gasteiger partial charge in [-0.15, -0.1) is 11.3 Å². The van der Waals surface area contributed by atoms with Gasteiger partial charge >= 0.3 is 11.1 Å². The number of benzene rings is 2. The van der Waals surface area contributed by atoms with E-state index in [1.165, 1.54) is 4.57 Å². The number of aromatic nitrogens is 2. The first kappa shape index (κ1) is 17.0. The van der Waals surface area contributed by atoms with Crippen molar-refractivity contribution in [2.75, 3.05) is 0 Å². The molecule has 0 aliphatic heterocycles. The summed E-state index contributed by atoms with van der Waals surface area (Å²) in [6.07, 6.45) is 0.691. The Morgan fingerprint density at radius 2 is 1.85 bits per heavy atom. The summed E-state index contributed by atoms with van der Waals surface area (Å²) in [5, 5.41) is 0. The van der Waals surface area contributed by atoms with Crippen molar-refractivity contribution in [1.29, 1.82) is 0 Å². The molecule has 0 unspecified atom stereocenters. The first-order chi connectivity index (χ1) is 13.1. The van der Waals surface area contributed by atoms with Crippen LogP contribution in [0, 0.1) is 6.92 Å². The summed E-state index contributed by atoms with van der Waals surface area (Å²) in [5.41, 5.74) is 0.389. The van der Waals surface area contributed by atoms with Crippen molar-refractivity contribution in [2.45, 2.75) is 6.92 Å². The highest BCUT2D eigenvalue weighted by molar-refractivity contribution is 7.20. The lowest BCUT2D eigenvalue weighted by atomic mass is 10.2. The van der Waals surface area contributed by atoms with Gasteiger partial charge in [0.15, 0.2) is 6.29 Å². The maximum absolute atomic E-state index is 12.5. The predicted molar refractivity (Wildman–Crippen MR) is 105 cm³/mol. The molecule has 0 fully saturated rings. The lowest BCUT2D eigenvalue weighted by Gasteiger charge is -2.12. The van der Waals surface area contributed by atoms with E-state index in [0.29, 0.717) is 38.7 Å². The number of aldehydes is 1. The Morgan fingerprint density at radius 1 is 1.07 bits per heavy atom. The van der Waals surface area contributed by atoms with Crippen LogP contribution in [-0.4, -0.2) is 15.8 Å². The van der Waals surface area contributed by atoms with Gasteiger partial charge in [0, 0.05) is 6.07 Å². The fraction of sp³-hybridized carbons (Fsp3) is 0.0500. The first-order valence-electron chi connectivity index (χ1n) is 8.15. The number of hydrogen-bond donors (Lipinski definition) is 1. The van der Waals surface area contributed by atoms with Crippen LogP contribution in [0.15, 0.2) is 64.2 Å². The SMILES string of the molecule is Cc1ccc(-n2c(=O)c(=O)[nH]c3sc(C=O)cc32)cc1Oc1ccccc1. The molecule has 2 heterocycles. The predicted octanol–water partition coefficient (Wildman–Crippen LogP) is 3.65. The molecule has 0 aliphatic carbocycles. The number of carbonyl (C=O) groups excluding carboxylic acids is 1. The second-order valence-electron chi connectivity index (χ2n) is 5.94. The number of aryl methyl sites for hydroxylation is 1. The molecular weight excluding hydrogens is 364 g/mol. The van der Waals surface area contributed by atoms with Crippen LogP contribution in [0.1, 0.15) is 15.2 Å². The smallest absolute Gasteiger partial charge is 0.321 e. The molecule has 2 aromatic carbocycles. The number of carbonyl (C=O) groups is 1. The molecule has 2 aromatic heterocycles. The summed E-state index contributed by atoms with van der Waals surface area (Å²) in [4.78, 5) is 39.1. The second-order valence-corrected chi connectivity index (χ2v) is 7.02. The summed E-state index contributed by atoms with van der Waals surface area (Å²) in [6.45, 7) is 1.90. The van der Waals surface area contributed by atoms with E-state index in [9.17, 15) is 14.4 Å². The zero-order valence-corrected chi connectivity index (χ0v) is 15.1. The summed E-state index contributed by atoms with van der Waals surface area (Å²) in [7, 11) is 0. The van der Waals surface area contributed by atoms with Gasteiger partial charge in [-0.1, -0.05) is 24.3 Å². The molecule has 1 N–H and O–H groups in total. The van der Waals surface area contributed by atoms with Crippen LogP contribution < -0.4 is 15.9 Å². The molecule has 6 nitrogen and oxygen atoms in total. The molecule has 0 saturated carbocycles. The van der Waals surface area contributed by atoms with Gasteiger partial charge < -0.3 is 9.72 Å². The zero-order chi connectivity index (χ0) is 19.0. The highest BCUT2D eigenvalue weighted by Gasteiger charge is 2.14. The third kappa shape index (κ3) is 3.09. The van der Waals surface area contributed by atoms with Crippen molar-refractivity contribution in [1.82, 2.24) is 9.55 Å². The molecule has 7 heteroatoms. The van der Waals surface area contributed by atoms with Crippen molar-refractivity contribution >= 4 is 28.0 Å². The molecule has 4 aromatic rings. The molecule has 27 heavy (non-hydrogen) atoms. The van der Waals surface area contributed by atoms with E-state index in [4.69, 9.17) is 4.74 Å². The third-order valence-electron chi connectivity index (χ3n) is 4.11. The largest absolute Gasteiger partial charge is 0.457 e. The van der Waals surface area contributed by atoms with Crippen molar-refractivity contribution < 1.29 is 9.53 Å². The lowest BCUT2D eigenvalue weighted by Crippen LogP contribution is -2.35. The number of H-pyrrole nitrogens is 1. The second kappa shape index (κ2) is 6.69. The molecule has 0 aliphatic rings. The summed E-state index contributed by atoms with van der Waals surface area (Å²) < 4.78 is 7.23. The van der Waals surface area contributed by atoms with E-state index in [1.807, 2.05) is 43.3 Å². The Balaban J connectivity index is 1.91. The van der Waals surface area contributed by atoms with Crippen molar-refractivity contribution in [2.24, 2.45) is 0 Å². The van der Waals surface area contributed by atoms with Gasteiger partial charge in [0.1, 0.15) is 16.3 Å². The van der Waals surface area contributed by atoms with Crippen LogP contribution in [0.4, 0.5) is 0 Å². The lowest BCUT2D eigenvalue weighted by molar-refractivity contribution is 0.112. The Labute approximate surface area is 157 Å². The molecule has 0 saturated heterocycles. The standard InChI is InChI=1S/C20H14N2O4S/c1-12-7-8-13(9-17(12)26-14-5-3-2-4-6-14)22-16-10-15(11-23)27-19(16)21-18(24)20(22)25/h2-11H,1H3,(H,21,24). The number of hydrogen-bond acceptors (Lipinski definition) is 5. The third-order valence-corrected chi connectivity index (χ3v) is 5.08. The van der Waals surface area contributed by atoms with Gasteiger partial charge in [-0.25, -0.2) is 0 Å². The summed E-state index contributed by atoms with van der Waals surface area (Å²) in [5.74, 6) is 1.24. The van der Waals surface area contributed by atoms with E-state index in [0.717, 1.165) is 16.9 Å². The van der Waals surface area contributed by atoms with E-state index in [1.54, 1.807) is 18.2 Å². The fourth-order valence-corrected chi connectivity index (χ4v) is 3.64. The summed E-state index contributed by atoms with van der Waals surface area (Å²) >= 11 is 1.12. The summed E-state index contributed by atoms with van der Waals surface area (Å²) in [6, 6.07) is 16.1. The monoisotopic (exact) mass is 378 g/mol. The molecule has 0 atom stereocenters. The van der Waals surface area contributed by atoms with Crippen LogP contribution in [-0.2, 0) is 0 Å². The number of fused-ring (bicyclic) bond motifs is 1. The first-order valence-corrected chi connectivity index (χ1v) is 8.96. The van der Waals surface area contributed by atoms with Gasteiger partial charge in [0.05, 0.1) is 16.1 Å². The Bertz CT molecular complexity index is 1270. The van der Waals surface area contributed by atoms with Crippen LogP contribution in [0.25, 0.3) is 16.0 Å². The number of para-hydroxylation sites is 1. The van der Waals surface area contributed by atoms with Gasteiger partial charge in [-0.2, -0.15) is 0 Å². The van der Waals surface area contributed by atoms with Crippen molar-refractivity contribution in [3.05, 3.63) is 85.7 Å². The highest BCUT2D eigenvalue weighted by atomic mass is 32.1. The van der Waals surface area contributed by atoms with E-state index < -0.39 is 11.1 Å². The number of thiophene rings is 1. The number of aromatic amines is 1.